The highest BCUT2D eigenvalue weighted by molar-refractivity contribution is 6.00. The maximum atomic E-state index is 13.0. The van der Waals surface area contributed by atoms with Crippen molar-refractivity contribution in [3.05, 3.63) is 17.7 Å². The number of hydrogen-bond acceptors (Lipinski definition) is 5. The molecular formula is C18H29N3O3. The fraction of sp³-hybridized carbons (Fsp3) is 0.611. The molecule has 0 aromatic heterocycles. The maximum absolute atomic E-state index is 13.0. The largest absolute Gasteiger partial charge is 0.493 e. The van der Waals surface area contributed by atoms with Crippen LogP contribution in [0.4, 0.5) is 5.69 Å². The van der Waals surface area contributed by atoms with Crippen molar-refractivity contribution in [1.29, 1.82) is 0 Å². The fourth-order valence-electron chi connectivity index (χ4n) is 3.24. The van der Waals surface area contributed by atoms with Crippen LogP contribution in [0.25, 0.3) is 0 Å². The van der Waals surface area contributed by atoms with Crippen molar-refractivity contribution in [2.24, 2.45) is 11.7 Å². The number of rotatable bonds is 6. The van der Waals surface area contributed by atoms with Crippen molar-refractivity contribution in [2.75, 3.05) is 52.8 Å². The lowest BCUT2D eigenvalue weighted by molar-refractivity contribution is 0.0688. The number of likely N-dealkylation sites (tertiary alicyclic amines) is 1. The monoisotopic (exact) mass is 335 g/mol. The molecule has 0 unspecified atom stereocenters. The molecule has 0 radical (unpaired) electrons. The Morgan fingerprint density at radius 2 is 1.79 bits per heavy atom. The summed E-state index contributed by atoms with van der Waals surface area (Å²) in [4.78, 5) is 16.9. The third-order valence-electron chi connectivity index (χ3n) is 4.69. The number of piperidine rings is 1. The number of ether oxygens (including phenoxy) is 2. The summed E-state index contributed by atoms with van der Waals surface area (Å²) in [5.74, 6) is 1.88. The highest BCUT2D eigenvalue weighted by Crippen LogP contribution is 2.35. The van der Waals surface area contributed by atoms with Crippen LogP contribution >= 0.6 is 0 Å². The van der Waals surface area contributed by atoms with Gasteiger partial charge in [0.1, 0.15) is 0 Å². The van der Waals surface area contributed by atoms with Crippen molar-refractivity contribution in [2.45, 2.75) is 19.3 Å². The van der Waals surface area contributed by atoms with Crippen molar-refractivity contribution >= 4 is 11.6 Å². The minimum atomic E-state index is 0.0471. The van der Waals surface area contributed by atoms with Crippen LogP contribution in [-0.2, 0) is 0 Å². The second kappa shape index (κ2) is 8.24. The molecule has 0 atom stereocenters. The molecule has 6 nitrogen and oxygen atoms in total. The predicted octanol–water partition coefficient (Wildman–Crippen LogP) is 1.97. The van der Waals surface area contributed by atoms with Gasteiger partial charge in [-0.25, -0.2) is 0 Å². The van der Waals surface area contributed by atoms with Gasteiger partial charge in [0.05, 0.1) is 25.5 Å². The zero-order valence-corrected chi connectivity index (χ0v) is 15.2. The van der Waals surface area contributed by atoms with Crippen LogP contribution in [0, 0.1) is 5.92 Å². The van der Waals surface area contributed by atoms with Crippen molar-refractivity contribution in [1.82, 2.24) is 4.90 Å². The Balaban J connectivity index is 2.25. The van der Waals surface area contributed by atoms with Gasteiger partial charge in [0, 0.05) is 33.3 Å². The number of anilines is 1. The maximum Gasteiger partial charge on any atom is 0.256 e. The first-order valence-electron chi connectivity index (χ1n) is 8.44. The van der Waals surface area contributed by atoms with Crippen molar-refractivity contribution in [3.8, 4) is 11.5 Å². The predicted molar refractivity (Wildman–Crippen MR) is 96.2 cm³/mol. The molecule has 1 aromatic rings. The SMILES string of the molecule is COc1cc(C(=O)N2CCC(CCN)CC2)c(N(C)C)cc1OC. The van der Waals surface area contributed by atoms with Crippen LogP contribution in [-0.4, -0.2) is 58.8 Å². The molecule has 1 aliphatic rings. The smallest absolute Gasteiger partial charge is 0.256 e. The molecule has 1 aromatic carbocycles. The Kier molecular flexibility index (Phi) is 6.31. The van der Waals surface area contributed by atoms with Crippen LogP contribution < -0.4 is 20.1 Å². The number of methoxy groups -OCH3 is 2. The summed E-state index contributed by atoms with van der Waals surface area (Å²) in [6.07, 6.45) is 3.09. The third-order valence-corrected chi connectivity index (χ3v) is 4.69. The normalized spacial score (nSPS) is 15.3. The van der Waals surface area contributed by atoms with Gasteiger partial charge in [-0.05, 0) is 37.8 Å². The van der Waals surface area contributed by atoms with Crippen molar-refractivity contribution in [3.63, 3.8) is 0 Å². The number of carbonyl (C=O) groups excluding carboxylic acids is 1. The van der Waals surface area contributed by atoms with Gasteiger partial charge in [0.15, 0.2) is 11.5 Å². The highest BCUT2D eigenvalue weighted by Gasteiger charge is 2.26. The Hall–Kier alpha value is -1.95. The topological polar surface area (TPSA) is 68.0 Å². The molecule has 134 valence electrons. The van der Waals surface area contributed by atoms with Gasteiger partial charge in [0.25, 0.3) is 5.91 Å². The molecule has 1 amide bonds. The standard InChI is InChI=1S/C18H29N3O3/c1-20(2)15-12-17(24-4)16(23-3)11-14(15)18(22)21-9-6-13(5-8-19)7-10-21/h11-13H,5-10,19H2,1-4H3. The van der Waals surface area contributed by atoms with Crippen LogP contribution in [0.2, 0.25) is 0 Å². The summed E-state index contributed by atoms with van der Waals surface area (Å²) in [7, 11) is 7.03. The zero-order valence-electron chi connectivity index (χ0n) is 15.2. The average molecular weight is 335 g/mol. The van der Waals surface area contributed by atoms with E-state index in [0.717, 1.165) is 44.6 Å². The molecule has 2 rings (SSSR count). The van der Waals surface area contributed by atoms with Crippen LogP contribution in [0.15, 0.2) is 12.1 Å². The van der Waals surface area contributed by atoms with Crippen molar-refractivity contribution < 1.29 is 14.3 Å². The lowest BCUT2D eigenvalue weighted by Crippen LogP contribution is -2.39. The van der Waals surface area contributed by atoms with E-state index in [1.807, 2.05) is 30.0 Å². The molecule has 1 saturated heterocycles. The molecule has 0 saturated carbocycles. The molecular weight excluding hydrogens is 306 g/mol. The van der Waals surface area contributed by atoms with E-state index >= 15 is 0 Å². The van der Waals surface area contributed by atoms with Gasteiger partial charge in [-0.3, -0.25) is 4.79 Å². The van der Waals surface area contributed by atoms with E-state index < -0.39 is 0 Å². The molecule has 2 N–H and O–H groups in total. The minimum Gasteiger partial charge on any atom is -0.493 e. The second-order valence-corrected chi connectivity index (χ2v) is 6.43. The van der Waals surface area contributed by atoms with Gasteiger partial charge < -0.3 is 25.0 Å². The van der Waals surface area contributed by atoms with Gasteiger partial charge >= 0.3 is 0 Å². The van der Waals surface area contributed by atoms with Crippen LogP contribution in [0.3, 0.4) is 0 Å². The summed E-state index contributed by atoms with van der Waals surface area (Å²) in [5.41, 5.74) is 7.13. The minimum absolute atomic E-state index is 0.0471. The number of carbonyl (C=O) groups is 1. The molecule has 1 heterocycles. The molecule has 1 aliphatic heterocycles. The van der Waals surface area contributed by atoms with Crippen LogP contribution in [0.5, 0.6) is 11.5 Å². The van der Waals surface area contributed by atoms with E-state index in [-0.39, 0.29) is 5.91 Å². The first-order valence-corrected chi connectivity index (χ1v) is 8.44. The Morgan fingerprint density at radius 3 is 2.29 bits per heavy atom. The van der Waals surface area contributed by atoms with Gasteiger partial charge in [0.2, 0.25) is 0 Å². The van der Waals surface area contributed by atoms with Crippen LogP contribution in [0.1, 0.15) is 29.6 Å². The van der Waals surface area contributed by atoms with E-state index in [1.54, 1.807) is 20.3 Å². The van der Waals surface area contributed by atoms with E-state index in [1.165, 1.54) is 0 Å². The molecule has 24 heavy (non-hydrogen) atoms. The van der Waals surface area contributed by atoms with E-state index in [4.69, 9.17) is 15.2 Å². The first-order chi connectivity index (χ1) is 11.5. The zero-order chi connectivity index (χ0) is 17.7. The molecule has 0 spiro atoms. The summed E-state index contributed by atoms with van der Waals surface area (Å²) < 4.78 is 10.7. The fourth-order valence-corrected chi connectivity index (χ4v) is 3.24. The van der Waals surface area contributed by atoms with E-state index in [0.29, 0.717) is 23.0 Å². The lowest BCUT2D eigenvalue weighted by atomic mass is 9.93. The second-order valence-electron chi connectivity index (χ2n) is 6.43. The number of nitrogens with zero attached hydrogens (tertiary/aromatic N) is 2. The van der Waals surface area contributed by atoms with Gasteiger partial charge in [-0.1, -0.05) is 0 Å². The van der Waals surface area contributed by atoms with E-state index in [9.17, 15) is 4.79 Å². The number of amides is 1. The molecule has 0 bridgehead atoms. The summed E-state index contributed by atoms with van der Waals surface area (Å²) in [6.45, 7) is 2.29. The highest BCUT2D eigenvalue weighted by atomic mass is 16.5. The first kappa shape index (κ1) is 18.4. The number of nitrogens with two attached hydrogens (primary N) is 1. The number of benzene rings is 1. The quantitative estimate of drug-likeness (QED) is 0.861. The Labute approximate surface area is 144 Å². The Bertz CT molecular complexity index is 567. The average Bonchev–Trinajstić information content (AvgIpc) is 2.60. The third kappa shape index (κ3) is 3.93. The molecule has 6 heteroatoms. The summed E-state index contributed by atoms with van der Waals surface area (Å²) in [5, 5.41) is 0. The lowest BCUT2D eigenvalue weighted by Gasteiger charge is -2.33. The summed E-state index contributed by atoms with van der Waals surface area (Å²) in [6, 6.07) is 3.63. The van der Waals surface area contributed by atoms with E-state index in [2.05, 4.69) is 0 Å². The number of hydrogen-bond donors (Lipinski definition) is 1. The molecule has 1 fully saturated rings. The van der Waals surface area contributed by atoms with Gasteiger partial charge in [-0.2, -0.15) is 0 Å². The summed E-state index contributed by atoms with van der Waals surface area (Å²) >= 11 is 0. The Morgan fingerprint density at radius 1 is 1.21 bits per heavy atom. The van der Waals surface area contributed by atoms with Gasteiger partial charge in [-0.15, -0.1) is 0 Å². The molecule has 0 aliphatic carbocycles.